The van der Waals surface area contributed by atoms with Crippen molar-refractivity contribution in [2.75, 3.05) is 0 Å². The van der Waals surface area contributed by atoms with E-state index in [9.17, 15) is 4.79 Å². The van der Waals surface area contributed by atoms with Crippen molar-refractivity contribution in [2.24, 2.45) is 0 Å². The zero-order chi connectivity index (χ0) is 9.84. The molecule has 1 aromatic rings. The molecule has 0 aliphatic rings. The minimum Gasteiger partial charge on any atom is -0.294 e. The lowest BCUT2D eigenvalue weighted by molar-refractivity contribution is 0.0981. The number of ketones is 1. The first-order chi connectivity index (χ1) is 6.15. The van der Waals surface area contributed by atoms with Crippen LogP contribution in [0.1, 0.15) is 30.1 Å². The van der Waals surface area contributed by atoms with Crippen LogP contribution < -0.4 is 0 Å². The summed E-state index contributed by atoms with van der Waals surface area (Å²) in [4.78, 5) is 11.6. The van der Waals surface area contributed by atoms with E-state index in [0.29, 0.717) is 6.42 Å². The maximum atomic E-state index is 11.6. The van der Waals surface area contributed by atoms with Crippen LogP contribution in [0.3, 0.4) is 0 Å². The fourth-order valence-electron chi connectivity index (χ4n) is 1.07. The Balaban J connectivity index is 2.99. The third-order valence-corrected chi connectivity index (χ3v) is 2.89. The van der Waals surface area contributed by atoms with Crippen LogP contribution in [0.4, 0.5) is 0 Å². The van der Waals surface area contributed by atoms with Gasteiger partial charge in [-0.05, 0) is 24.6 Å². The Labute approximate surface area is 94.8 Å². The van der Waals surface area contributed by atoms with Gasteiger partial charge in [0.1, 0.15) is 0 Å². The Hall–Kier alpha value is -0.150. The summed E-state index contributed by atoms with van der Waals surface area (Å²) in [6, 6.07) is 5.64. The lowest BCUT2D eigenvalue weighted by atomic mass is 10.1. The summed E-state index contributed by atoms with van der Waals surface area (Å²) in [7, 11) is 0. The van der Waals surface area contributed by atoms with Gasteiger partial charge < -0.3 is 0 Å². The molecule has 0 saturated carbocycles. The number of benzene rings is 1. The van der Waals surface area contributed by atoms with Crippen molar-refractivity contribution < 1.29 is 4.79 Å². The quantitative estimate of drug-likeness (QED) is 0.765. The van der Waals surface area contributed by atoms with Crippen LogP contribution in [0.5, 0.6) is 0 Å². The summed E-state index contributed by atoms with van der Waals surface area (Å²) in [5.74, 6) is 0.190. The SMILES string of the molecule is CCCC(=O)c1cc(Br)ccc1Br. The molecule has 13 heavy (non-hydrogen) atoms. The zero-order valence-electron chi connectivity index (χ0n) is 7.31. The molecule has 1 nitrogen and oxygen atoms in total. The maximum absolute atomic E-state index is 11.6. The molecular formula is C10H10Br2O. The van der Waals surface area contributed by atoms with E-state index in [4.69, 9.17) is 0 Å². The van der Waals surface area contributed by atoms with Crippen LogP contribution >= 0.6 is 31.9 Å². The fourth-order valence-corrected chi connectivity index (χ4v) is 1.90. The number of carbonyl (C=O) groups is 1. The van der Waals surface area contributed by atoms with Crippen LogP contribution in [0.15, 0.2) is 27.1 Å². The molecule has 0 bridgehead atoms. The van der Waals surface area contributed by atoms with Crippen molar-refractivity contribution >= 4 is 37.6 Å². The Morgan fingerprint density at radius 3 is 2.69 bits per heavy atom. The first kappa shape index (κ1) is 10.9. The Morgan fingerprint density at radius 1 is 1.38 bits per heavy atom. The molecule has 0 aliphatic heterocycles. The van der Waals surface area contributed by atoms with Gasteiger partial charge in [0.25, 0.3) is 0 Å². The number of hydrogen-bond donors (Lipinski definition) is 0. The maximum Gasteiger partial charge on any atom is 0.164 e. The molecule has 3 heteroatoms. The van der Waals surface area contributed by atoms with Gasteiger partial charge in [-0.2, -0.15) is 0 Å². The molecule has 0 fully saturated rings. The van der Waals surface area contributed by atoms with Gasteiger partial charge in [-0.25, -0.2) is 0 Å². The zero-order valence-corrected chi connectivity index (χ0v) is 10.5. The van der Waals surface area contributed by atoms with E-state index in [-0.39, 0.29) is 5.78 Å². The molecule has 0 heterocycles. The van der Waals surface area contributed by atoms with E-state index in [0.717, 1.165) is 20.9 Å². The summed E-state index contributed by atoms with van der Waals surface area (Å²) >= 11 is 6.70. The van der Waals surface area contributed by atoms with Gasteiger partial charge in [0.2, 0.25) is 0 Å². The average Bonchev–Trinajstić information content (AvgIpc) is 2.09. The van der Waals surface area contributed by atoms with E-state index in [2.05, 4.69) is 31.9 Å². The number of rotatable bonds is 3. The van der Waals surface area contributed by atoms with Gasteiger partial charge >= 0.3 is 0 Å². The molecule has 0 aliphatic carbocycles. The number of halogens is 2. The number of Topliss-reactive ketones (excluding diaryl/α,β-unsaturated/α-hetero) is 1. The average molecular weight is 306 g/mol. The normalized spacial score (nSPS) is 10.1. The fraction of sp³-hybridized carbons (Fsp3) is 0.300. The molecule has 0 N–H and O–H groups in total. The highest BCUT2D eigenvalue weighted by Crippen LogP contribution is 2.22. The third kappa shape index (κ3) is 2.92. The molecule has 0 aromatic heterocycles. The second kappa shape index (κ2) is 4.91. The topological polar surface area (TPSA) is 17.1 Å². The summed E-state index contributed by atoms with van der Waals surface area (Å²) < 4.78 is 1.81. The number of hydrogen-bond acceptors (Lipinski definition) is 1. The van der Waals surface area contributed by atoms with Gasteiger partial charge in [-0.3, -0.25) is 4.79 Å². The van der Waals surface area contributed by atoms with Crippen molar-refractivity contribution in [3.63, 3.8) is 0 Å². The molecule has 0 amide bonds. The summed E-state index contributed by atoms with van der Waals surface area (Å²) in [6.07, 6.45) is 1.49. The first-order valence-corrected chi connectivity index (χ1v) is 5.72. The molecule has 1 rings (SSSR count). The molecule has 0 unspecified atom stereocenters. The molecule has 0 spiro atoms. The van der Waals surface area contributed by atoms with Crippen molar-refractivity contribution in [1.29, 1.82) is 0 Å². The summed E-state index contributed by atoms with van der Waals surface area (Å²) in [5, 5.41) is 0. The van der Waals surface area contributed by atoms with Gasteiger partial charge in [-0.1, -0.05) is 38.8 Å². The second-order valence-corrected chi connectivity index (χ2v) is 4.57. The molecule has 0 atom stereocenters. The summed E-state index contributed by atoms with van der Waals surface area (Å²) in [6.45, 7) is 2.00. The van der Waals surface area contributed by atoms with E-state index >= 15 is 0 Å². The van der Waals surface area contributed by atoms with E-state index in [1.54, 1.807) is 0 Å². The lowest BCUT2D eigenvalue weighted by Crippen LogP contribution is -1.99. The minimum atomic E-state index is 0.190. The van der Waals surface area contributed by atoms with Crippen LogP contribution in [0.25, 0.3) is 0 Å². The lowest BCUT2D eigenvalue weighted by Gasteiger charge is -2.02. The largest absolute Gasteiger partial charge is 0.294 e. The molecule has 0 radical (unpaired) electrons. The summed E-state index contributed by atoms with van der Waals surface area (Å²) in [5.41, 5.74) is 0.760. The van der Waals surface area contributed by atoms with E-state index < -0.39 is 0 Å². The predicted octanol–water partition coefficient (Wildman–Crippen LogP) is 4.19. The van der Waals surface area contributed by atoms with Gasteiger partial charge in [-0.15, -0.1) is 0 Å². The van der Waals surface area contributed by atoms with E-state index in [1.807, 2.05) is 25.1 Å². The highest BCUT2D eigenvalue weighted by molar-refractivity contribution is 9.11. The predicted molar refractivity (Wildman–Crippen MR) is 61.1 cm³/mol. The standard InChI is InChI=1S/C10H10Br2O/c1-2-3-10(13)8-6-7(11)4-5-9(8)12/h4-6H,2-3H2,1H3. The van der Waals surface area contributed by atoms with E-state index in [1.165, 1.54) is 0 Å². The van der Waals surface area contributed by atoms with Crippen molar-refractivity contribution in [1.82, 2.24) is 0 Å². The second-order valence-electron chi connectivity index (χ2n) is 2.80. The van der Waals surface area contributed by atoms with Gasteiger partial charge in [0.15, 0.2) is 5.78 Å². The van der Waals surface area contributed by atoms with Gasteiger partial charge in [0.05, 0.1) is 0 Å². The Bertz CT molecular complexity index is 321. The van der Waals surface area contributed by atoms with Crippen molar-refractivity contribution in [3.8, 4) is 0 Å². The molecular weight excluding hydrogens is 296 g/mol. The molecule has 70 valence electrons. The van der Waals surface area contributed by atoms with Gasteiger partial charge in [0, 0.05) is 20.9 Å². The van der Waals surface area contributed by atoms with Crippen LogP contribution in [0.2, 0.25) is 0 Å². The van der Waals surface area contributed by atoms with Crippen molar-refractivity contribution in [3.05, 3.63) is 32.7 Å². The highest BCUT2D eigenvalue weighted by Gasteiger charge is 2.08. The highest BCUT2D eigenvalue weighted by atomic mass is 79.9. The molecule has 1 aromatic carbocycles. The molecule has 0 saturated heterocycles. The Kier molecular flexibility index (Phi) is 4.13. The smallest absolute Gasteiger partial charge is 0.164 e. The number of carbonyl (C=O) groups excluding carboxylic acids is 1. The third-order valence-electron chi connectivity index (χ3n) is 1.71. The van der Waals surface area contributed by atoms with Crippen molar-refractivity contribution in [2.45, 2.75) is 19.8 Å². The van der Waals surface area contributed by atoms with Crippen LogP contribution in [-0.2, 0) is 0 Å². The first-order valence-electron chi connectivity index (χ1n) is 4.13. The monoisotopic (exact) mass is 304 g/mol. The Morgan fingerprint density at radius 2 is 2.08 bits per heavy atom. The van der Waals surface area contributed by atoms with Crippen LogP contribution in [0, 0.1) is 0 Å². The van der Waals surface area contributed by atoms with Crippen LogP contribution in [-0.4, -0.2) is 5.78 Å². The minimum absolute atomic E-state index is 0.190.